The maximum atomic E-state index is 12.3. The van der Waals surface area contributed by atoms with Crippen LogP contribution in [-0.2, 0) is 4.79 Å². The number of halogens is 1. The highest BCUT2D eigenvalue weighted by molar-refractivity contribution is 9.10. The van der Waals surface area contributed by atoms with Crippen LogP contribution in [0.1, 0.15) is 16.1 Å². The Bertz CT molecular complexity index is 847. The van der Waals surface area contributed by atoms with E-state index in [0.29, 0.717) is 9.57 Å². The second kappa shape index (κ2) is 7.71. The predicted octanol–water partition coefficient (Wildman–Crippen LogP) is 3.51. The lowest BCUT2D eigenvalue weighted by molar-refractivity contribution is -0.122. The number of furan rings is 1. The normalized spacial score (nSPS) is 15.9. The SMILES string of the molecule is O=C(NCCN1C(=O)S/C(=C\c2ccccc2)C1=O)c1ccc(Br)o1. The van der Waals surface area contributed by atoms with Crippen molar-refractivity contribution < 1.29 is 18.8 Å². The summed E-state index contributed by atoms with van der Waals surface area (Å²) in [5.74, 6) is -0.601. The van der Waals surface area contributed by atoms with Crippen molar-refractivity contribution in [2.24, 2.45) is 0 Å². The standard InChI is InChI=1S/C17H13BrN2O4S/c18-14-7-6-12(24-14)15(21)19-8-9-20-16(22)13(25-17(20)23)10-11-4-2-1-3-5-11/h1-7,10H,8-9H2,(H,19,21)/b13-10-. The van der Waals surface area contributed by atoms with Crippen LogP contribution in [0.25, 0.3) is 6.08 Å². The molecule has 1 aromatic carbocycles. The fraction of sp³-hybridized carbons (Fsp3) is 0.118. The van der Waals surface area contributed by atoms with Crippen molar-refractivity contribution in [3.05, 3.63) is 63.4 Å². The van der Waals surface area contributed by atoms with Crippen molar-refractivity contribution in [1.82, 2.24) is 10.2 Å². The van der Waals surface area contributed by atoms with Crippen LogP contribution < -0.4 is 5.32 Å². The third-order valence-electron chi connectivity index (χ3n) is 3.39. The van der Waals surface area contributed by atoms with Gasteiger partial charge in [0.2, 0.25) is 0 Å². The summed E-state index contributed by atoms with van der Waals surface area (Å²) in [6, 6.07) is 12.5. The Kier molecular flexibility index (Phi) is 5.40. The van der Waals surface area contributed by atoms with Crippen LogP contribution in [0.2, 0.25) is 0 Å². The molecule has 128 valence electrons. The fourth-order valence-electron chi connectivity index (χ4n) is 2.20. The molecule has 0 bridgehead atoms. The highest BCUT2D eigenvalue weighted by Crippen LogP contribution is 2.31. The molecule has 1 aromatic heterocycles. The van der Waals surface area contributed by atoms with E-state index >= 15 is 0 Å². The van der Waals surface area contributed by atoms with Gasteiger partial charge >= 0.3 is 0 Å². The Morgan fingerprint density at radius 2 is 1.96 bits per heavy atom. The summed E-state index contributed by atoms with van der Waals surface area (Å²) < 4.78 is 5.59. The topological polar surface area (TPSA) is 79.6 Å². The Morgan fingerprint density at radius 3 is 2.64 bits per heavy atom. The Hall–Kier alpha value is -2.32. The molecule has 1 aliphatic heterocycles. The van der Waals surface area contributed by atoms with Crippen LogP contribution in [0.4, 0.5) is 4.79 Å². The lowest BCUT2D eigenvalue weighted by Crippen LogP contribution is -2.37. The second-order valence-electron chi connectivity index (χ2n) is 5.10. The van der Waals surface area contributed by atoms with Gasteiger partial charge in [-0.15, -0.1) is 0 Å². The zero-order valence-corrected chi connectivity index (χ0v) is 15.3. The number of hydrogen-bond acceptors (Lipinski definition) is 5. The molecule has 0 saturated carbocycles. The van der Waals surface area contributed by atoms with E-state index in [1.165, 1.54) is 6.07 Å². The maximum Gasteiger partial charge on any atom is 0.293 e. The summed E-state index contributed by atoms with van der Waals surface area (Å²) in [5, 5.41) is 2.27. The molecule has 1 fully saturated rings. The third-order valence-corrected chi connectivity index (χ3v) is 4.72. The van der Waals surface area contributed by atoms with Crippen molar-refractivity contribution >= 4 is 50.8 Å². The average molecular weight is 421 g/mol. The molecule has 0 atom stereocenters. The molecule has 2 aromatic rings. The number of nitrogens with zero attached hydrogens (tertiary/aromatic N) is 1. The second-order valence-corrected chi connectivity index (χ2v) is 6.88. The van der Waals surface area contributed by atoms with Crippen molar-refractivity contribution in [1.29, 1.82) is 0 Å². The number of carbonyl (C=O) groups excluding carboxylic acids is 3. The van der Waals surface area contributed by atoms with Crippen molar-refractivity contribution in [3.63, 3.8) is 0 Å². The molecule has 1 saturated heterocycles. The maximum absolute atomic E-state index is 12.3. The van der Waals surface area contributed by atoms with Gasteiger partial charge in [-0.3, -0.25) is 19.3 Å². The van der Waals surface area contributed by atoms with E-state index in [4.69, 9.17) is 4.42 Å². The van der Waals surface area contributed by atoms with Crippen LogP contribution in [-0.4, -0.2) is 35.0 Å². The smallest absolute Gasteiger partial charge is 0.293 e. The van der Waals surface area contributed by atoms with E-state index in [1.807, 2.05) is 30.3 Å². The molecule has 0 unspecified atom stereocenters. The van der Waals surface area contributed by atoms with E-state index < -0.39 is 5.91 Å². The van der Waals surface area contributed by atoms with Gasteiger partial charge in [0.25, 0.3) is 17.1 Å². The molecule has 25 heavy (non-hydrogen) atoms. The molecule has 3 rings (SSSR count). The first-order valence-electron chi connectivity index (χ1n) is 7.38. The van der Waals surface area contributed by atoms with Crippen LogP contribution in [0, 0.1) is 0 Å². The van der Waals surface area contributed by atoms with Gasteiger partial charge in [-0.2, -0.15) is 0 Å². The van der Waals surface area contributed by atoms with Gasteiger partial charge in [0.15, 0.2) is 10.4 Å². The Morgan fingerprint density at radius 1 is 1.20 bits per heavy atom. The molecule has 8 heteroatoms. The molecule has 2 heterocycles. The molecule has 1 aliphatic rings. The van der Waals surface area contributed by atoms with Gasteiger partial charge in [0.05, 0.1) is 4.91 Å². The molecular weight excluding hydrogens is 408 g/mol. The van der Waals surface area contributed by atoms with Crippen molar-refractivity contribution in [2.45, 2.75) is 0 Å². The molecule has 6 nitrogen and oxygen atoms in total. The minimum Gasteiger partial charge on any atom is -0.444 e. The lowest BCUT2D eigenvalue weighted by Gasteiger charge is -2.12. The third kappa shape index (κ3) is 4.21. The monoisotopic (exact) mass is 420 g/mol. The zero-order valence-electron chi connectivity index (χ0n) is 12.9. The van der Waals surface area contributed by atoms with Gasteiger partial charge in [-0.25, -0.2) is 0 Å². The van der Waals surface area contributed by atoms with E-state index in [2.05, 4.69) is 21.2 Å². The summed E-state index contributed by atoms with van der Waals surface area (Å²) in [4.78, 5) is 37.7. The minimum atomic E-state index is -0.405. The quantitative estimate of drug-likeness (QED) is 0.748. The molecule has 1 N–H and O–H groups in total. The van der Waals surface area contributed by atoms with Crippen molar-refractivity contribution in [2.75, 3.05) is 13.1 Å². The average Bonchev–Trinajstić information content (AvgIpc) is 3.14. The summed E-state index contributed by atoms with van der Waals surface area (Å²) in [6.45, 7) is 0.248. The number of amides is 3. The van der Waals surface area contributed by atoms with E-state index in [9.17, 15) is 14.4 Å². The van der Waals surface area contributed by atoms with Gasteiger partial charge < -0.3 is 9.73 Å². The fourth-order valence-corrected chi connectivity index (χ4v) is 3.37. The van der Waals surface area contributed by atoms with Gasteiger partial charge in [-0.1, -0.05) is 30.3 Å². The molecular formula is C17H13BrN2O4S. The van der Waals surface area contributed by atoms with E-state index in [1.54, 1.807) is 12.1 Å². The number of carbonyl (C=O) groups is 3. The summed E-state index contributed by atoms with van der Waals surface area (Å²) >= 11 is 4.02. The number of hydrogen-bond donors (Lipinski definition) is 1. The van der Waals surface area contributed by atoms with Crippen molar-refractivity contribution in [3.8, 4) is 0 Å². The lowest BCUT2D eigenvalue weighted by atomic mass is 10.2. The molecule has 0 radical (unpaired) electrons. The van der Waals surface area contributed by atoms with Crippen LogP contribution >= 0.6 is 27.7 Å². The first-order valence-corrected chi connectivity index (χ1v) is 8.99. The number of thioether (sulfide) groups is 1. The van der Waals surface area contributed by atoms with Crippen LogP contribution in [0.5, 0.6) is 0 Å². The van der Waals surface area contributed by atoms with Gasteiger partial charge in [0, 0.05) is 13.1 Å². The summed E-state index contributed by atoms with van der Waals surface area (Å²) in [7, 11) is 0. The number of imide groups is 1. The highest BCUT2D eigenvalue weighted by Gasteiger charge is 2.34. The largest absolute Gasteiger partial charge is 0.444 e. The molecule has 3 amide bonds. The van der Waals surface area contributed by atoms with Gasteiger partial charge in [0.1, 0.15) is 0 Å². The van der Waals surface area contributed by atoms with Crippen LogP contribution in [0.3, 0.4) is 0 Å². The Labute approximate surface area is 156 Å². The number of benzene rings is 1. The Balaban J connectivity index is 1.58. The first kappa shape index (κ1) is 17.5. The molecule has 0 spiro atoms. The number of rotatable bonds is 5. The van der Waals surface area contributed by atoms with Crippen LogP contribution in [0.15, 0.2) is 56.5 Å². The summed E-state index contributed by atoms with van der Waals surface area (Å²) in [6.07, 6.45) is 1.68. The van der Waals surface area contributed by atoms with Gasteiger partial charge in [-0.05, 0) is 51.5 Å². The zero-order chi connectivity index (χ0) is 17.8. The highest BCUT2D eigenvalue weighted by atomic mass is 79.9. The predicted molar refractivity (Wildman–Crippen MR) is 97.9 cm³/mol. The summed E-state index contributed by atoms with van der Waals surface area (Å²) in [5.41, 5.74) is 0.852. The first-order chi connectivity index (χ1) is 12.0. The van der Waals surface area contributed by atoms with E-state index in [0.717, 1.165) is 22.2 Å². The number of nitrogens with one attached hydrogen (secondary N) is 1. The minimum absolute atomic E-state index is 0.102. The van der Waals surface area contributed by atoms with E-state index in [-0.39, 0.29) is 30.0 Å². The molecule has 0 aliphatic carbocycles.